The van der Waals surface area contributed by atoms with Gasteiger partial charge in [0.2, 0.25) is 0 Å². The van der Waals surface area contributed by atoms with Crippen LogP contribution in [0.3, 0.4) is 0 Å². The van der Waals surface area contributed by atoms with Crippen molar-refractivity contribution in [2.24, 2.45) is 0 Å². The van der Waals surface area contributed by atoms with E-state index in [9.17, 15) is 0 Å². The zero-order chi connectivity index (χ0) is 33.0. The van der Waals surface area contributed by atoms with Crippen molar-refractivity contribution in [1.29, 1.82) is 0 Å². The second-order valence-electron chi connectivity index (χ2n) is 11.9. The van der Waals surface area contributed by atoms with Crippen LogP contribution in [0.15, 0.2) is 114 Å². The maximum atomic E-state index is 6.76. The lowest BCUT2D eigenvalue weighted by Crippen LogP contribution is -2.61. The minimum absolute atomic E-state index is 0.285. The predicted octanol–water partition coefficient (Wildman–Crippen LogP) is 6.93. The standard InChI is InChI=1S/C39H44BrNO7/c1-42-39-38(47-27-32-14-8-9-15-34(32)41-20-22-43-23-21-41)37(46-26-30-12-6-3-7-13-30)36(45-25-29-10-4-2-5-11-29)35(48-39)28-44-24-31-16-18-33(40)19-17-31/h2-19,35-39H,20-28H2,1H3/t35-,36-,37+,38-,39+/m1/s1. The molecular formula is C39H44BrNO7. The van der Waals surface area contributed by atoms with Crippen molar-refractivity contribution < 1.29 is 33.2 Å². The van der Waals surface area contributed by atoms with Gasteiger partial charge in [-0.25, -0.2) is 0 Å². The molecule has 0 radical (unpaired) electrons. The zero-order valence-corrected chi connectivity index (χ0v) is 28.9. The van der Waals surface area contributed by atoms with Crippen molar-refractivity contribution in [1.82, 2.24) is 0 Å². The maximum Gasteiger partial charge on any atom is 0.186 e. The van der Waals surface area contributed by atoms with Crippen LogP contribution in [0.5, 0.6) is 0 Å². The molecule has 2 fully saturated rings. The fraction of sp³-hybridized carbons (Fsp3) is 0.385. The van der Waals surface area contributed by atoms with Crippen LogP contribution < -0.4 is 4.90 Å². The summed E-state index contributed by atoms with van der Waals surface area (Å²) in [6.07, 6.45) is -2.80. The summed E-state index contributed by atoms with van der Waals surface area (Å²) in [6, 6.07) is 36.7. The Morgan fingerprint density at radius 1 is 0.646 bits per heavy atom. The third kappa shape index (κ3) is 9.52. The smallest absolute Gasteiger partial charge is 0.186 e. The molecule has 0 aromatic heterocycles. The summed E-state index contributed by atoms with van der Waals surface area (Å²) in [5, 5.41) is 0. The van der Waals surface area contributed by atoms with Gasteiger partial charge in [-0.1, -0.05) is 107 Å². The summed E-state index contributed by atoms with van der Waals surface area (Å²) in [5.41, 5.74) is 5.40. The van der Waals surface area contributed by atoms with Crippen LogP contribution >= 0.6 is 15.9 Å². The number of rotatable bonds is 15. The van der Waals surface area contributed by atoms with Crippen molar-refractivity contribution in [3.63, 3.8) is 0 Å². The van der Waals surface area contributed by atoms with Crippen LogP contribution in [-0.4, -0.2) is 70.7 Å². The van der Waals surface area contributed by atoms with Crippen LogP contribution in [0.1, 0.15) is 22.3 Å². The Kier molecular flexibility index (Phi) is 13.1. The van der Waals surface area contributed by atoms with Crippen molar-refractivity contribution in [3.8, 4) is 0 Å². The number of nitrogens with zero attached hydrogens (tertiary/aromatic N) is 1. The Labute approximate surface area is 291 Å². The first kappa shape index (κ1) is 34.7. The number of halogens is 1. The monoisotopic (exact) mass is 717 g/mol. The Balaban J connectivity index is 1.25. The van der Waals surface area contributed by atoms with E-state index in [0.717, 1.165) is 45.5 Å². The van der Waals surface area contributed by atoms with Gasteiger partial charge in [-0.15, -0.1) is 0 Å². The lowest BCUT2D eigenvalue weighted by Gasteiger charge is -2.45. The molecule has 0 saturated carbocycles. The molecule has 6 rings (SSSR count). The van der Waals surface area contributed by atoms with Crippen LogP contribution in [-0.2, 0) is 59.6 Å². The fourth-order valence-electron chi connectivity index (χ4n) is 6.11. The van der Waals surface area contributed by atoms with Crippen molar-refractivity contribution in [2.45, 2.75) is 57.1 Å². The molecule has 0 amide bonds. The molecule has 4 aromatic rings. The number of anilines is 1. The van der Waals surface area contributed by atoms with Crippen LogP contribution in [0.2, 0.25) is 0 Å². The summed E-state index contributed by atoms with van der Waals surface area (Å²) in [5.74, 6) is 0. The Morgan fingerprint density at radius 3 is 1.90 bits per heavy atom. The number of methoxy groups -OCH3 is 1. The molecule has 48 heavy (non-hydrogen) atoms. The quantitative estimate of drug-likeness (QED) is 0.131. The molecule has 5 atom stereocenters. The number of morpholine rings is 1. The highest BCUT2D eigenvalue weighted by Gasteiger charge is 2.49. The van der Waals surface area contributed by atoms with E-state index >= 15 is 0 Å². The molecule has 0 N–H and O–H groups in total. The van der Waals surface area contributed by atoms with Gasteiger partial charge in [-0.3, -0.25) is 0 Å². The minimum atomic E-state index is -0.709. The summed E-state index contributed by atoms with van der Waals surface area (Å²) < 4.78 is 45.7. The molecule has 4 aromatic carbocycles. The Bertz CT molecular complexity index is 1500. The number of para-hydroxylation sites is 1. The SMILES string of the molecule is CO[C@H]1O[C@H](COCc2ccc(Br)cc2)[C@@H](OCc2ccccc2)[C@H](OCc2ccccc2)[C@H]1OCc1ccccc1N1CCOCC1. The Morgan fingerprint density at radius 2 is 1.23 bits per heavy atom. The van der Waals surface area contributed by atoms with Gasteiger partial charge in [-0.05, 0) is 34.9 Å². The van der Waals surface area contributed by atoms with E-state index < -0.39 is 30.7 Å². The second kappa shape index (κ2) is 18.0. The van der Waals surface area contributed by atoms with E-state index in [1.165, 1.54) is 0 Å². The molecule has 2 aliphatic heterocycles. The van der Waals surface area contributed by atoms with Crippen LogP contribution in [0.4, 0.5) is 5.69 Å². The number of hydrogen-bond acceptors (Lipinski definition) is 8. The maximum absolute atomic E-state index is 6.76. The molecule has 0 unspecified atom stereocenters. The van der Waals surface area contributed by atoms with Crippen molar-refractivity contribution in [2.75, 3.05) is 44.9 Å². The lowest BCUT2D eigenvalue weighted by atomic mass is 9.97. The Hall–Kier alpha value is -3.12. The highest BCUT2D eigenvalue weighted by atomic mass is 79.9. The van der Waals surface area contributed by atoms with Gasteiger partial charge >= 0.3 is 0 Å². The first-order valence-corrected chi connectivity index (χ1v) is 17.3. The van der Waals surface area contributed by atoms with E-state index in [-0.39, 0.29) is 6.61 Å². The molecular weight excluding hydrogens is 674 g/mol. The highest BCUT2D eigenvalue weighted by molar-refractivity contribution is 9.10. The summed E-state index contributed by atoms with van der Waals surface area (Å²) in [6.45, 7) is 4.92. The highest BCUT2D eigenvalue weighted by Crippen LogP contribution is 2.32. The number of hydrogen-bond donors (Lipinski definition) is 0. The molecule has 2 saturated heterocycles. The summed E-state index contributed by atoms with van der Waals surface area (Å²) >= 11 is 3.51. The molecule has 254 valence electrons. The molecule has 0 aliphatic carbocycles. The van der Waals surface area contributed by atoms with Gasteiger partial charge in [-0.2, -0.15) is 0 Å². The topological polar surface area (TPSA) is 67.9 Å². The van der Waals surface area contributed by atoms with E-state index in [1.54, 1.807) is 7.11 Å². The molecule has 9 heteroatoms. The lowest BCUT2D eigenvalue weighted by molar-refractivity contribution is -0.323. The molecule has 2 aliphatic rings. The third-order valence-corrected chi connectivity index (χ3v) is 9.16. The van der Waals surface area contributed by atoms with E-state index in [2.05, 4.69) is 63.3 Å². The first-order chi connectivity index (χ1) is 23.7. The van der Waals surface area contributed by atoms with E-state index in [0.29, 0.717) is 39.6 Å². The molecule has 0 bridgehead atoms. The normalized spacial score (nSPS) is 22.9. The average molecular weight is 719 g/mol. The van der Waals surface area contributed by atoms with Crippen molar-refractivity contribution >= 4 is 21.6 Å². The van der Waals surface area contributed by atoms with Crippen molar-refractivity contribution in [3.05, 3.63) is 136 Å². The molecule has 0 spiro atoms. The first-order valence-electron chi connectivity index (χ1n) is 16.5. The van der Waals surface area contributed by atoms with Gasteiger partial charge in [0, 0.05) is 35.9 Å². The van der Waals surface area contributed by atoms with E-state index in [4.69, 9.17) is 33.2 Å². The van der Waals surface area contributed by atoms with Gasteiger partial charge < -0.3 is 38.1 Å². The van der Waals surface area contributed by atoms with Gasteiger partial charge in [0.05, 0.1) is 46.2 Å². The minimum Gasteiger partial charge on any atom is -0.378 e. The predicted molar refractivity (Wildman–Crippen MR) is 188 cm³/mol. The summed E-state index contributed by atoms with van der Waals surface area (Å²) in [4.78, 5) is 2.35. The largest absolute Gasteiger partial charge is 0.378 e. The third-order valence-electron chi connectivity index (χ3n) is 8.63. The number of benzene rings is 4. The van der Waals surface area contributed by atoms with E-state index in [1.807, 2.05) is 66.7 Å². The van der Waals surface area contributed by atoms with Gasteiger partial charge in [0.15, 0.2) is 6.29 Å². The summed E-state index contributed by atoms with van der Waals surface area (Å²) in [7, 11) is 1.64. The van der Waals surface area contributed by atoms with Gasteiger partial charge in [0.25, 0.3) is 0 Å². The number of ether oxygens (including phenoxy) is 7. The van der Waals surface area contributed by atoms with Gasteiger partial charge in [0.1, 0.15) is 24.4 Å². The second-order valence-corrected chi connectivity index (χ2v) is 12.9. The van der Waals surface area contributed by atoms with Crippen LogP contribution in [0, 0.1) is 0 Å². The zero-order valence-electron chi connectivity index (χ0n) is 27.3. The molecule has 2 heterocycles. The fourth-order valence-corrected chi connectivity index (χ4v) is 6.37. The average Bonchev–Trinajstić information content (AvgIpc) is 3.14. The molecule has 8 nitrogen and oxygen atoms in total. The van der Waals surface area contributed by atoms with Crippen LogP contribution in [0.25, 0.3) is 0 Å².